The predicted octanol–water partition coefficient (Wildman–Crippen LogP) is 1.92. The first kappa shape index (κ1) is 15.8. The lowest BCUT2D eigenvalue weighted by Crippen LogP contribution is -2.37. The van der Waals surface area contributed by atoms with Gasteiger partial charge in [0.15, 0.2) is 0 Å². The van der Waals surface area contributed by atoms with Crippen LogP contribution in [0.3, 0.4) is 0 Å². The number of halogens is 1. The summed E-state index contributed by atoms with van der Waals surface area (Å²) in [5.74, 6) is -1.27. The maximum Gasteiger partial charge on any atom is 0.307 e. The number of carboxylic acid groups (broad SMARTS) is 1. The van der Waals surface area contributed by atoms with Gasteiger partial charge in [-0.25, -0.2) is 0 Å². The number of hydrogen-bond acceptors (Lipinski definition) is 3. The maximum atomic E-state index is 12.0. The van der Waals surface area contributed by atoms with Gasteiger partial charge in [0.2, 0.25) is 5.91 Å². The summed E-state index contributed by atoms with van der Waals surface area (Å²) in [6.07, 6.45) is 0.600. The Morgan fingerprint density at radius 3 is 2.81 bits per heavy atom. The molecule has 0 unspecified atom stereocenters. The molecule has 114 valence electrons. The molecule has 1 amide bonds. The van der Waals surface area contributed by atoms with Crippen LogP contribution in [-0.2, 0) is 9.59 Å². The smallest absolute Gasteiger partial charge is 0.307 e. The summed E-state index contributed by atoms with van der Waals surface area (Å²) in [6, 6.07) is 7.21. The van der Waals surface area contributed by atoms with Gasteiger partial charge in [0, 0.05) is 11.6 Å². The number of carbonyl (C=O) groups is 2. The van der Waals surface area contributed by atoms with E-state index in [0.717, 1.165) is 5.56 Å². The zero-order valence-corrected chi connectivity index (χ0v) is 12.6. The fraction of sp³-hybridized carbons (Fsp3) is 0.467. The normalized spacial score (nSPS) is 20.2. The third-order valence-electron chi connectivity index (χ3n) is 3.74. The Balaban J connectivity index is 1.85. The highest BCUT2D eigenvalue weighted by Gasteiger charge is 2.29. The van der Waals surface area contributed by atoms with E-state index in [1.807, 2.05) is 30.0 Å². The number of rotatable bonds is 5. The van der Waals surface area contributed by atoms with Crippen molar-refractivity contribution in [2.45, 2.75) is 19.4 Å². The van der Waals surface area contributed by atoms with Crippen molar-refractivity contribution in [3.05, 3.63) is 34.9 Å². The molecule has 0 spiro atoms. The molecular formula is C15H19ClN2O3. The molecule has 1 fully saturated rings. The average Bonchev–Trinajstić information content (AvgIpc) is 2.87. The van der Waals surface area contributed by atoms with Crippen LogP contribution in [0.25, 0.3) is 0 Å². The molecular weight excluding hydrogens is 292 g/mol. The number of nitrogens with zero attached hydrogens (tertiary/aromatic N) is 1. The van der Waals surface area contributed by atoms with Crippen LogP contribution in [0.5, 0.6) is 0 Å². The third-order valence-corrected chi connectivity index (χ3v) is 4.08. The SMILES string of the molecule is C[C@H](NC(=O)CN1CC[C@H](C(=O)O)C1)c1ccccc1Cl. The molecule has 0 aliphatic carbocycles. The van der Waals surface area contributed by atoms with Crippen LogP contribution in [0.1, 0.15) is 24.9 Å². The molecule has 2 rings (SSSR count). The van der Waals surface area contributed by atoms with Crippen molar-refractivity contribution in [2.24, 2.45) is 5.92 Å². The van der Waals surface area contributed by atoms with Gasteiger partial charge in [0.1, 0.15) is 0 Å². The molecule has 1 aromatic rings. The van der Waals surface area contributed by atoms with Gasteiger partial charge >= 0.3 is 5.97 Å². The Morgan fingerprint density at radius 1 is 1.48 bits per heavy atom. The van der Waals surface area contributed by atoms with Crippen LogP contribution in [-0.4, -0.2) is 41.5 Å². The van der Waals surface area contributed by atoms with E-state index in [2.05, 4.69) is 5.32 Å². The van der Waals surface area contributed by atoms with E-state index >= 15 is 0 Å². The fourth-order valence-corrected chi connectivity index (χ4v) is 2.87. The summed E-state index contributed by atoms with van der Waals surface area (Å²) in [5.41, 5.74) is 0.873. The molecule has 2 atom stereocenters. The van der Waals surface area contributed by atoms with Crippen LogP contribution >= 0.6 is 11.6 Å². The number of nitrogens with one attached hydrogen (secondary N) is 1. The Labute approximate surface area is 128 Å². The van der Waals surface area contributed by atoms with Crippen molar-refractivity contribution in [3.8, 4) is 0 Å². The highest BCUT2D eigenvalue weighted by molar-refractivity contribution is 6.31. The number of aliphatic carboxylic acids is 1. The Hall–Kier alpha value is -1.59. The molecule has 21 heavy (non-hydrogen) atoms. The molecule has 0 bridgehead atoms. The van der Waals surface area contributed by atoms with Crippen LogP contribution < -0.4 is 5.32 Å². The highest BCUT2D eigenvalue weighted by Crippen LogP contribution is 2.22. The maximum absolute atomic E-state index is 12.0. The van der Waals surface area contributed by atoms with E-state index in [-0.39, 0.29) is 24.4 Å². The van der Waals surface area contributed by atoms with Gasteiger partial charge in [-0.1, -0.05) is 29.8 Å². The molecule has 1 aliphatic rings. The van der Waals surface area contributed by atoms with E-state index in [1.54, 1.807) is 6.07 Å². The largest absolute Gasteiger partial charge is 0.481 e. The number of carboxylic acids is 1. The molecule has 0 radical (unpaired) electrons. The van der Waals surface area contributed by atoms with Crippen molar-refractivity contribution in [1.29, 1.82) is 0 Å². The monoisotopic (exact) mass is 310 g/mol. The Bertz CT molecular complexity index is 535. The van der Waals surface area contributed by atoms with Gasteiger partial charge < -0.3 is 10.4 Å². The summed E-state index contributed by atoms with van der Waals surface area (Å²) in [6.45, 7) is 3.18. The Morgan fingerprint density at radius 2 is 2.19 bits per heavy atom. The first-order valence-electron chi connectivity index (χ1n) is 6.96. The lowest BCUT2D eigenvalue weighted by Gasteiger charge is -2.19. The average molecular weight is 311 g/mol. The summed E-state index contributed by atoms with van der Waals surface area (Å²) in [7, 11) is 0. The van der Waals surface area contributed by atoms with E-state index in [9.17, 15) is 9.59 Å². The predicted molar refractivity (Wildman–Crippen MR) is 80.2 cm³/mol. The van der Waals surface area contributed by atoms with E-state index in [4.69, 9.17) is 16.7 Å². The van der Waals surface area contributed by atoms with Crippen molar-refractivity contribution in [3.63, 3.8) is 0 Å². The number of hydrogen-bond donors (Lipinski definition) is 2. The number of benzene rings is 1. The molecule has 0 saturated carbocycles. The zero-order chi connectivity index (χ0) is 15.4. The minimum absolute atomic E-state index is 0.117. The lowest BCUT2D eigenvalue weighted by atomic mass is 10.1. The second-order valence-electron chi connectivity index (χ2n) is 5.37. The standard InChI is InChI=1S/C15H19ClN2O3/c1-10(12-4-2-3-5-13(12)16)17-14(19)9-18-7-6-11(8-18)15(20)21/h2-5,10-11H,6-9H2,1H3,(H,17,19)(H,20,21)/t10-,11-/m0/s1. The minimum Gasteiger partial charge on any atom is -0.481 e. The van der Waals surface area contributed by atoms with E-state index < -0.39 is 5.97 Å². The third kappa shape index (κ3) is 4.19. The quantitative estimate of drug-likeness (QED) is 0.872. The topological polar surface area (TPSA) is 69.6 Å². The van der Waals surface area contributed by atoms with Gasteiger partial charge in [-0.2, -0.15) is 0 Å². The first-order valence-corrected chi connectivity index (χ1v) is 7.34. The number of likely N-dealkylation sites (tertiary alicyclic amines) is 1. The van der Waals surface area contributed by atoms with Crippen molar-refractivity contribution in [1.82, 2.24) is 10.2 Å². The second kappa shape index (κ2) is 6.91. The van der Waals surface area contributed by atoms with Crippen LogP contribution in [0.15, 0.2) is 24.3 Å². The van der Waals surface area contributed by atoms with Crippen molar-refractivity contribution in [2.75, 3.05) is 19.6 Å². The van der Waals surface area contributed by atoms with E-state index in [0.29, 0.717) is 24.5 Å². The van der Waals surface area contributed by atoms with Gasteiger partial charge in [-0.15, -0.1) is 0 Å². The summed E-state index contributed by atoms with van der Waals surface area (Å²) in [5, 5.41) is 12.5. The molecule has 1 aromatic carbocycles. The summed E-state index contributed by atoms with van der Waals surface area (Å²) < 4.78 is 0. The first-order chi connectivity index (χ1) is 9.97. The van der Waals surface area contributed by atoms with Gasteiger partial charge in [-0.3, -0.25) is 14.5 Å². The van der Waals surface area contributed by atoms with Crippen molar-refractivity contribution >= 4 is 23.5 Å². The molecule has 0 aromatic heterocycles. The summed E-state index contributed by atoms with van der Waals surface area (Å²) >= 11 is 6.10. The summed E-state index contributed by atoms with van der Waals surface area (Å²) in [4.78, 5) is 24.8. The van der Waals surface area contributed by atoms with Crippen molar-refractivity contribution < 1.29 is 14.7 Å². The van der Waals surface area contributed by atoms with Crippen LogP contribution in [0.4, 0.5) is 0 Å². The van der Waals surface area contributed by atoms with Gasteiger partial charge in [0.05, 0.1) is 18.5 Å². The minimum atomic E-state index is -0.789. The number of carbonyl (C=O) groups excluding carboxylic acids is 1. The number of amides is 1. The van der Waals surface area contributed by atoms with Gasteiger partial charge in [0.25, 0.3) is 0 Å². The molecule has 1 aliphatic heterocycles. The van der Waals surface area contributed by atoms with Crippen LogP contribution in [0, 0.1) is 5.92 Å². The molecule has 1 saturated heterocycles. The lowest BCUT2D eigenvalue weighted by molar-refractivity contribution is -0.141. The second-order valence-corrected chi connectivity index (χ2v) is 5.78. The molecule has 6 heteroatoms. The van der Waals surface area contributed by atoms with Crippen LogP contribution in [0.2, 0.25) is 5.02 Å². The van der Waals surface area contributed by atoms with Gasteiger partial charge in [-0.05, 0) is 31.5 Å². The molecule has 5 nitrogen and oxygen atoms in total. The molecule has 1 heterocycles. The molecule has 2 N–H and O–H groups in total. The zero-order valence-electron chi connectivity index (χ0n) is 11.9. The fourth-order valence-electron chi connectivity index (χ4n) is 2.57. The Kier molecular flexibility index (Phi) is 5.20. The van der Waals surface area contributed by atoms with E-state index in [1.165, 1.54) is 0 Å². The highest BCUT2D eigenvalue weighted by atomic mass is 35.5.